The van der Waals surface area contributed by atoms with E-state index in [-0.39, 0.29) is 6.79 Å². The number of hydrogen-bond donors (Lipinski definition) is 0. The average molecular weight is 218 g/mol. The van der Waals surface area contributed by atoms with Crippen LogP contribution in [0.5, 0.6) is 11.5 Å². The Morgan fingerprint density at radius 3 is 3.00 bits per heavy atom. The molecule has 0 fully saturated rings. The van der Waals surface area contributed by atoms with Gasteiger partial charge in [0.15, 0.2) is 11.5 Å². The van der Waals surface area contributed by atoms with Crippen molar-refractivity contribution in [1.82, 2.24) is 0 Å². The topological polar surface area (TPSA) is 44.8 Å². The molecule has 4 heteroatoms. The fraction of sp³-hybridized carbons (Fsp3) is 0.0833. The van der Waals surface area contributed by atoms with E-state index in [1.54, 1.807) is 18.2 Å². The Kier molecular flexibility index (Phi) is 2.91. The van der Waals surface area contributed by atoms with Gasteiger partial charge in [-0.1, -0.05) is 12.6 Å². The van der Waals surface area contributed by atoms with Crippen molar-refractivity contribution in [2.45, 2.75) is 0 Å². The number of fused-ring (bicyclic) bond motifs is 1. The summed E-state index contributed by atoms with van der Waals surface area (Å²) in [6, 6.07) is 5.41. The summed E-state index contributed by atoms with van der Waals surface area (Å²) < 4.78 is 14.9. The van der Waals surface area contributed by atoms with E-state index < -0.39 is 5.97 Å². The van der Waals surface area contributed by atoms with Gasteiger partial charge >= 0.3 is 5.97 Å². The molecule has 0 unspecified atom stereocenters. The van der Waals surface area contributed by atoms with Gasteiger partial charge in [0, 0.05) is 6.08 Å². The first-order chi connectivity index (χ1) is 7.79. The molecule has 0 saturated carbocycles. The van der Waals surface area contributed by atoms with Crippen LogP contribution < -0.4 is 9.47 Å². The maximum atomic E-state index is 11.0. The van der Waals surface area contributed by atoms with E-state index in [1.807, 2.05) is 6.07 Å². The van der Waals surface area contributed by atoms with Crippen molar-refractivity contribution in [2.24, 2.45) is 0 Å². The number of esters is 1. The highest BCUT2D eigenvalue weighted by Gasteiger charge is 2.12. The van der Waals surface area contributed by atoms with Crippen LogP contribution in [0, 0.1) is 0 Å². The summed E-state index contributed by atoms with van der Waals surface area (Å²) in [6.45, 7) is 3.53. The Morgan fingerprint density at radius 2 is 2.19 bits per heavy atom. The Hall–Kier alpha value is -2.23. The lowest BCUT2D eigenvalue weighted by Crippen LogP contribution is -1.93. The molecule has 1 heterocycles. The summed E-state index contributed by atoms with van der Waals surface area (Å²) in [5, 5.41) is 0. The molecule has 0 atom stereocenters. The molecular formula is C12H10O4. The first-order valence-corrected chi connectivity index (χ1v) is 4.69. The second-order valence-corrected chi connectivity index (χ2v) is 3.05. The molecule has 82 valence electrons. The normalized spacial score (nSPS) is 12.8. The SMILES string of the molecule is C=COC(=O)C=Cc1ccc2c(c1)OCO2. The van der Waals surface area contributed by atoms with E-state index in [9.17, 15) is 4.79 Å². The van der Waals surface area contributed by atoms with Crippen molar-refractivity contribution in [3.63, 3.8) is 0 Å². The highest BCUT2D eigenvalue weighted by Crippen LogP contribution is 2.32. The maximum absolute atomic E-state index is 11.0. The van der Waals surface area contributed by atoms with Crippen molar-refractivity contribution in [2.75, 3.05) is 6.79 Å². The zero-order valence-electron chi connectivity index (χ0n) is 8.51. The van der Waals surface area contributed by atoms with Crippen molar-refractivity contribution in [3.8, 4) is 11.5 Å². The minimum atomic E-state index is -0.465. The molecule has 4 nitrogen and oxygen atoms in total. The van der Waals surface area contributed by atoms with Crippen LogP contribution in [-0.2, 0) is 9.53 Å². The van der Waals surface area contributed by atoms with Crippen LogP contribution in [0.1, 0.15) is 5.56 Å². The summed E-state index contributed by atoms with van der Waals surface area (Å²) in [5.74, 6) is 0.928. The number of ether oxygens (including phenoxy) is 3. The summed E-state index contributed by atoms with van der Waals surface area (Å²) in [4.78, 5) is 11.0. The van der Waals surface area contributed by atoms with Gasteiger partial charge in [0.1, 0.15) is 0 Å². The maximum Gasteiger partial charge on any atom is 0.335 e. The zero-order chi connectivity index (χ0) is 11.4. The quantitative estimate of drug-likeness (QED) is 0.443. The largest absolute Gasteiger partial charge is 0.454 e. The third kappa shape index (κ3) is 2.23. The first-order valence-electron chi connectivity index (χ1n) is 4.69. The van der Waals surface area contributed by atoms with Gasteiger partial charge in [-0.15, -0.1) is 0 Å². The number of carbonyl (C=O) groups is 1. The molecular weight excluding hydrogens is 208 g/mol. The molecule has 0 N–H and O–H groups in total. The van der Waals surface area contributed by atoms with Gasteiger partial charge in [0.2, 0.25) is 6.79 Å². The van der Waals surface area contributed by atoms with Gasteiger partial charge in [0.25, 0.3) is 0 Å². The molecule has 0 aliphatic carbocycles. The van der Waals surface area contributed by atoms with Crippen LogP contribution in [0.25, 0.3) is 6.08 Å². The first kappa shape index (κ1) is 10.3. The van der Waals surface area contributed by atoms with Gasteiger partial charge in [-0.2, -0.15) is 0 Å². The molecule has 0 aromatic heterocycles. The molecule has 1 aliphatic heterocycles. The fourth-order valence-corrected chi connectivity index (χ4v) is 1.30. The van der Waals surface area contributed by atoms with Gasteiger partial charge in [0.05, 0.1) is 6.26 Å². The van der Waals surface area contributed by atoms with Crippen LogP contribution in [0.3, 0.4) is 0 Å². The molecule has 0 spiro atoms. The lowest BCUT2D eigenvalue weighted by Gasteiger charge is -1.97. The van der Waals surface area contributed by atoms with E-state index in [0.29, 0.717) is 11.5 Å². The molecule has 1 aromatic rings. The predicted molar refractivity (Wildman–Crippen MR) is 57.9 cm³/mol. The lowest BCUT2D eigenvalue weighted by molar-refractivity contribution is -0.132. The molecule has 0 bridgehead atoms. The van der Waals surface area contributed by atoms with E-state index in [0.717, 1.165) is 11.8 Å². The molecule has 0 radical (unpaired) electrons. The van der Waals surface area contributed by atoms with Crippen molar-refractivity contribution >= 4 is 12.0 Å². The van der Waals surface area contributed by atoms with Crippen LogP contribution in [-0.4, -0.2) is 12.8 Å². The third-order valence-electron chi connectivity index (χ3n) is 2.01. The van der Waals surface area contributed by atoms with E-state index >= 15 is 0 Å². The average Bonchev–Trinajstić information content (AvgIpc) is 2.74. The van der Waals surface area contributed by atoms with Crippen molar-refractivity contribution in [1.29, 1.82) is 0 Å². The monoisotopic (exact) mass is 218 g/mol. The minimum absolute atomic E-state index is 0.237. The van der Waals surface area contributed by atoms with E-state index in [2.05, 4.69) is 11.3 Å². The van der Waals surface area contributed by atoms with Gasteiger partial charge in [-0.05, 0) is 23.8 Å². The van der Waals surface area contributed by atoms with Crippen LogP contribution in [0.15, 0.2) is 37.1 Å². The number of hydrogen-bond acceptors (Lipinski definition) is 4. The molecule has 0 amide bonds. The highest BCUT2D eigenvalue weighted by molar-refractivity contribution is 5.87. The number of carbonyl (C=O) groups excluding carboxylic acids is 1. The van der Waals surface area contributed by atoms with Crippen molar-refractivity contribution < 1.29 is 19.0 Å². The number of benzene rings is 1. The summed E-state index contributed by atoms with van der Waals surface area (Å²) in [6.07, 6.45) is 4.04. The summed E-state index contributed by atoms with van der Waals surface area (Å²) in [5.41, 5.74) is 0.838. The van der Waals surface area contributed by atoms with Crippen molar-refractivity contribution in [3.05, 3.63) is 42.7 Å². The molecule has 16 heavy (non-hydrogen) atoms. The minimum Gasteiger partial charge on any atom is -0.454 e. The Morgan fingerprint density at radius 1 is 1.38 bits per heavy atom. The third-order valence-corrected chi connectivity index (χ3v) is 2.01. The van der Waals surface area contributed by atoms with E-state index in [4.69, 9.17) is 9.47 Å². The molecule has 1 aliphatic rings. The highest BCUT2D eigenvalue weighted by atomic mass is 16.7. The molecule has 2 rings (SSSR count). The Balaban J connectivity index is 2.10. The Labute approximate surface area is 92.7 Å². The number of rotatable bonds is 3. The van der Waals surface area contributed by atoms with E-state index in [1.165, 1.54) is 6.08 Å². The van der Waals surface area contributed by atoms with Crippen LogP contribution in [0.4, 0.5) is 0 Å². The smallest absolute Gasteiger partial charge is 0.335 e. The molecule has 0 saturated heterocycles. The molecule has 1 aromatic carbocycles. The zero-order valence-corrected chi connectivity index (χ0v) is 8.51. The predicted octanol–water partition coefficient (Wildman–Crippen LogP) is 2.12. The van der Waals surface area contributed by atoms with Crippen LogP contribution >= 0.6 is 0 Å². The summed E-state index contributed by atoms with van der Waals surface area (Å²) in [7, 11) is 0. The Bertz CT molecular complexity index is 448. The lowest BCUT2D eigenvalue weighted by atomic mass is 10.2. The summed E-state index contributed by atoms with van der Waals surface area (Å²) >= 11 is 0. The van der Waals surface area contributed by atoms with Gasteiger partial charge in [-0.25, -0.2) is 4.79 Å². The standard InChI is InChI=1S/C12H10O4/c1-2-14-12(13)6-4-9-3-5-10-11(7-9)16-8-15-10/h2-7H,1,8H2. The van der Waals surface area contributed by atoms with Crippen LogP contribution in [0.2, 0.25) is 0 Å². The fourth-order valence-electron chi connectivity index (χ4n) is 1.30. The van der Waals surface area contributed by atoms with Gasteiger partial charge in [-0.3, -0.25) is 0 Å². The van der Waals surface area contributed by atoms with Gasteiger partial charge < -0.3 is 14.2 Å². The second kappa shape index (κ2) is 4.53. The second-order valence-electron chi connectivity index (χ2n) is 3.05.